The summed E-state index contributed by atoms with van der Waals surface area (Å²) in [6.45, 7) is 2.09. The summed E-state index contributed by atoms with van der Waals surface area (Å²) in [7, 11) is 0. The van der Waals surface area contributed by atoms with Crippen molar-refractivity contribution in [3.63, 3.8) is 0 Å². The third-order valence-corrected chi connectivity index (χ3v) is 2.64. The summed E-state index contributed by atoms with van der Waals surface area (Å²) in [6, 6.07) is 8.23. The van der Waals surface area contributed by atoms with Crippen molar-refractivity contribution in [2.45, 2.75) is 19.4 Å². The Balaban J connectivity index is 2.23. The van der Waals surface area contributed by atoms with Gasteiger partial charge in [-0.2, -0.15) is 0 Å². The van der Waals surface area contributed by atoms with Crippen molar-refractivity contribution >= 4 is 20.6 Å². The lowest BCUT2D eigenvalue weighted by Gasteiger charge is -2.10. The predicted octanol–water partition coefficient (Wildman–Crippen LogP) is 3.16. The van der Waals surface area contributed by atoms with Gasteiger partial charge < -0.3 is 4.84 Å². The van der Waals surface area contributed by atoms with Crippen molar-refractivity contribution in [1.82, 2.24) is 0 Å². The quantitative estimate of drug-likeness (QED) is 0.738. The molecule has 0 aromatic heterocycles. The predicted molar refractivity (Wildman–Crippen MR) is 56.0 cm³/mol. The molecule has 1 aliphatic rings. The van der Waals surface area contributed by atoms with Gasteiger partial charge in [-0.15, -0.1) is 0 Å². The second-order valence-corrected chi connectivity index (χ2v) is 4.04. The van der Waals surface area contributed by atoms with Crippen molar-refractivity contribution in [3.05, 3.63) is 35.4 Å². The minimum Gasteiger partial charge on any atom is -0.386 e. The van der Waals surface area contributed by atoms with Crippen LogP contribution in [0.1, 0.15) is 23.7 Å². The normalized spacial score (nSPS) is 21.1. The number of aryl methyl sites for hydroxylation is 1. The second-order valence-electron chi connectivity index (χ2n) is 3.12. The maximum atomic E-state index is 5.27. The van der Waals surface area contributed by atoms with Crippen molar-refractivity contribution in [1.29, 1.82) is 0 Å². The number of oxime groups is 1. The third-order valence-electron chi connectivity index (χ3n) is 2.17. The molecule has 0 spiro atoms. The summed E-state index contributed by atoms with van der Waals surface area (Å²) in [6.07, 6.45) is 0.931. The fourth-order valence-corrected chi connectivity index (χ4v) is 1.84. The van der Waals surface area contributed by atoms with Crippen LogP contribution in [0.3, 0.4) is 0 Å². The van der Waals surface area contributed by atoms with Crippen molar-refractivity contribution in [2.24, 2.45) is 5.16 Å². The highest BCUT2D eigenvalue weighted by atomic mass is 79.9. The Hall–Kier alpha value is -0.830. The van der Waals surface area contributed by atoms with Gasteiger partial charge >= 0.3 is 0 Å². The molecule has 1 atom stereocenters. The fraction of sp³-hybridized carbons (Fsp3) is 0.300. The van der Waals surface area contributed by atoms with Crippen molar-refractivity contribution in [3.8, 4) is 0 Å². The number of nitrogens with zero attached hydrogens (tertiary/aromatic N) is 1. The Morgan fingerprint density at radius 3 is 2.85 bits per heavy atom. The summed E-state index contributed by atoms with van der Waals surface area (Å²) in [5.41, 5.74) is 2.48. The van der Waals surface area contributed by atoms with E-state index in [1.807, 2.05) is 12.1 Å². The molecule has 1 aromatic rings. The minimum atomic E-state index is 0.0931. The molecule has 0 bridgehead atoms. The molecular weight excluding hydrogens is 230 g/mol. The van der Waals surface area contributed by atoms with E-state index in [1.165, 1.54) is 11.1 Å². The maximum Gasteiger partial charge on any atom is 0.159 e. The van der Waals surface area contributed by atoms with Crippen molar-refractivity contribution in [2.75, 3.05) is 0 Å². The molecule has 0 saturated heterocycles. The zero-order valence-corrected chi connectivity index (χ0v) is 8.91. The number of benzene rings is 1. The largest absolute Gasteiger partial charge is 0.386 e. The van der Waals surface area contributed by atoms with Gasteiger partial charge in [0, 0.05) is 6.42 Å². The van der Waals surface area contributed by atoms with E-state index in [0.29, 0.717) is 0 Å². The molecule has 68 valence electrons. The topological polar surface area (TPSA) is 21.6 Å². The summed E-state index contributed by atoms with van der Waals surface area (Å²) in [5, 5.41) is 3.87. The molecule has 0 amide bonds. The van der Waals surface area contributed by atoms with Gasteiger partial charge in [0.2, 0.25) is 0 Å². The fourth-order valence-electron chi connectivity index (χ4n) is 1.46. The van der Waals surface area contributed by atoms with Crippen molar-refractivity contribution < 1.29 is 4.84 Å². The maximum absolute atomic E-state index is 5.27. The number of hydrogen-bond donors (Lipinski definition) is 0. The molecule has 0 radical (unpaired) electrons. The van der Waals surface area contributed by atoms with Crippen LogP contribution in [0.15, 0.2) is 29.4 Å². The van der Waals surface area contributed by atoms with E-state index >= 15 is 0 Å². The monoisotopic (exact) mass is 239 g/mol. The lowest BCUT2D eigenvalue weighted by atomic mass is 10.0. The highest BCUT2D eigenvalue weighted by molar-refractivity contribution is 9.18. The molecular formula is C10H10BrNO. The standard InChI is InChI=1S/C10H10BrNO/c1-7-4-2-3-5-8(7)9-6-10(11)12-13-9/h2-5,9H,6H2,1H3/t9-/m0/s1. The van der Waals surface area contributed by atoms with Crippen LogP contribution < -0.4 is 0 Å². The van der Waals surface area contributed by atoms with E-state index in [4.69, 9.17) is 4.84 Å². The molecule has 1 aromatic carbocycles. The number of halogens is 1. The van der Waals surface area contributed by atoms with Gasteiger partial charge in [-0.1, -0.05) is 29.4 Å². The van der Waals surface area contributed by atoms with Gasteiger partial charge in [-0.3, -0.25) is 0 Å². The molecule has 2 rings (SSSR count). The van der Waals surface area contributed by atoms with E-state index < -0.39 is 0 Å². The number of hydrogen-bond acceptors (Lipinski definition) is 2. The zero-order valence-electron chi connectivity index (χ0n) is 7.33. The lowest BCUT2D eigenvalue weighted by Crippen LogP contribution is -1.99. The van der Waals surface area contributed by atoms with Crippen LogP contribution in [0.2, 0.25) is 0 Å². The molecule has 2 nitrogen and oxygen atoms in total. The summed E-state index contributed by atoms with van der Waals surface area (Å²) < 4.78 is 0.890. The van der Waals surface area contributed by atoms with Crippen LogP contribution in [0.25, 0.3) is 0 Å². The van der Waals surface area contributed by atoms with Gasteiger partial charge in [0.05, 0.1) is 0 Å². The molecule has 3 heteroatoms. The molecule has 1 heterocycles. The van der Waals surface area contributed by atoms with Gasteiger partial charge in [0.15, 0.2) is 6.10 Å². The van der Waals surface area contributed by atoms with Gasteiger partial charge in [-0.05, 0) is 34.0 Å². The van der Waals surface area contributed by atoms with Crippen LogP contribution in [0, 0.1) is 6.92 Å². The van der Waals surface area contributed by atoms with Crippen LogP contribution in [-0.4, -0.2) is 4.62 Å². The minimum absolute atomic E-state index is 0.0931. The SMILES string of the molecule is Cc1ccccc1[C@@H]1CC(Br)=NO1. The summed E-state index contributed by atoms with van der Waals surface area (Å²) >= 11 is 3.33. The Bertz CT molecular complexity index is 349. The van der Waals surface area contributed by atoms with E-state index in [0.717, 1.165) is 11.0 Å². The first-order chi connectivity index (χ1) is 6.27. The molecule has 13 heavy (non-hydrogen) atoms. The van der Waals surface area contributed by atoms with Crippen LogP contribution in [0.5, 0.6) is 0 Å². The Kier molecular flexibility index (Phi) is 2.36. The van der Waals surface area contributed by atoms with Gasteiger partial charge in [0.1, 0.15) is 4.62 Å². The Morgan fingerprint density at radius 1 is 1.46 bits per heavy atom. The Labute approximate surface area is 85.7 Å². The molecule has 0 saturated carbocycles. The highest BCUT2D eigenvalue weighted by Crippen LogP contribution is 2.30. The van der Waals surface area contributed by atoms with Gasteiger partial charge in [-0.25, -0.2) is 0 Å². The molecule has 1 aliphatic heterocycles. The first-order valence-corrected chi connectivity index (χ1v) is 5.00. The molecule has 0 unspecified atom stereocenters. The van der Waals surface area contributed by atoms with Crippen LogP contribution in [-0.2, 0) is 4.84 Å². The van der Waals surface area contributed by atoms with E-state index in [9.17, 15) is 0 Å². The lowest BCUT2D eigenvalue weighted by molar-refractivity contribution is 0.0853. The first-order valence-electron chi connectivity index (χ1n) is 4.21. The van der Waals surface area contributed by atoms with Crippen LogP contribution in [0.4, 0.5) is 0 Å². The summed E-state index contributed by atoms with van der Waals surface area (Å²) in [4.78, 5) is 5.27. The van der Waals surface area contributed by atoms with E-state index in [-0.39, 0.29) is 6.10 Å². The smallest absolute Gasteiger partial charge is 0.159 e. The second kappa shape index (κ2) is 3.50. The van der Waals surface area contributed by atoms with E-state index in [2.05, 4.69) is 40.1 Å². The van der Waals surface area contributed by atoms with Gasteiger partial charge in [0.25, 0.3) is 0 Å². The van der Waals surface area contributed by atoms with E-state index in [1.54, 1.807) is 0 Å². The average Bonchev–Trinajstić information content (AvgIpc) is 2.53. The molecule has 0 fully saturated rings. The molecule has 0 aliphatic carbocycles. The zero-order chi connectivity index (χ0) is 9.26. The number of rotatable bonds is 1. The molecule has 0 N–H and O–H groups in total. The van der Waals surface area contributed by atoms with Crippen LogP contribution >= 0.6 is 15.9 Å². The summed E-state index contributed by atoms with van der Waals surface area (Å²) in [5.74, 6) is 0. The third kappa shape index (κ3) is 1.75. The highest BCUT2D eigenvalue weighted by Gasteiger charge is 2.22. The average molecular weight is 240 g/mol. The Morgan fingerprint density at radius 2 is 2.23 bits per heavy atom. The first kappa shape index (κ1) is 8.75.